The molecule has 2 rings (SSSR count). The molecule has 0 saturated heterocycles. The van der Waals surface area contributed by atoms with Gasteiger partial charge in [-0.2, -0.15) is 0 Å². The van der Waals surface area contributed by atoms with Gasteiger partial charge in [0.25, 0.3) is 0 Å². The summed E-state index contributed by atoms with van der Waals surface area (Å²) in [6, 6.07) is 18.7. The fraction of sp³-hybridized carbons (Fsp3) is 0. The van der Waals surface area contributed by atoms with Crippen molar-refractivity contribution in [3.63, 3.8) is 0 Å². The van der Waals surface area contributed by atoms with Gasteiger partial charge in [0.15, 0.2) is 5.84 Å². The summed E-state index contributed by atoms with van der Waals surface area (Å²) < 4.78 is 0. The lowest BCUT2D eigenvalue weighted by molar-refractivity contribution is 0.565. The van der Waals surface area contributed by atoms with Gasteiger partial charge in [-0.25, -0.2) is 9.79 Å². The molecule has 0 aliphatic rings. The van der Waals surface area contributed by atoms with E-state index in [9.17, 15) is 4.79 Å². The van der Waals surface area contributed by atoms with Crippen molar-refractivity contribution in [1.29, 1.82) is 0 Å². The molecule has 0 radical (unpaired) electrons. The maximum Gasteiger partial charge on any atom is 0.242 e. The van der Waals surface area contributed by atoms with E-state index in [2.05, 4.69) is 9.98 Å². The van der Waals surface area contributed by atoms with Gasteiger partial charge in [-0.3, -0.25) is 0 Å². The Balaban J connectivity index is 2.43. The number of aliphatic imine (C=N–C) groups is 2. The van der Waals surface area contributed by atoms with Crippen molar-refractivity contribution < 1.29 is 4.79 Å². The standard InChI is InChI=1S/C14H10N2O/c17-11-15-14(12-7-3-1-4-8-12)16-13-9-5-2-6-10-13/h1-10H. The Morgan fingerprint density at radius 1 is 0.882 bits per heavy atom. The minimum atomic E-state index is 0.367. The van der Waals surface area contributed by atoms with Crippen LogP contribution in [0.5, 0.6) is 0 Å². The number of isocyanates is 1. The van der Waals surface area contributed by atoms with Gasteiger partial charge in [0.05, 0.1) is 5.69 Å². The van der Waals surface area contributed by atoms with Gasteiger partial charge in [0.2, 0.25) is 6.08 Å². The van der Waals surface area contributed by atoms with E-state index in [4.69, 9.17) is 0 Å². The molecule has 0 atom stereocenters. The van der Waals surface area contributed by atoms with E-state index in [1.165, 1.54) is 6.08 Å². The van der Waals surface area contributed by atoms with E-state index in [1.807, 2.05) is 60.7 Å². The number of carbonyl (C=O) groups excluding carboxylic acids is 1. The second kappa shape index (κ2) is 5.54. The van der Waals surface area contributed by atoms with E-state index in [-0.39, 0.29) is 0 Å². The SMILES string of the molecule is O=C=NC(=Nc1ccccc1)c1ccccc1. The third-order valence-electron chi connectivity index (χ3n) is 2.17. The number of hydrogen-bond acceptors (Lipinski definition) is 2. The highest BCUT2D eigenvalue weighted by atomic mass is 16.1. The predicted octanol–water partition coefficient (Wildman–Crippen LogP) is 3.10. The summed E-state index contributed by atoms with van der Waals surface area (Å²) in [6.45, 7) is 0. The van der Waals surface area contributed by atoms with Crippen molar-refractivity contribution in [1.82, 2.24) is 0 Å². The number of para-hydroxylation sites is 1. The molecule has 0 unspecified atom stereocenters. The maximum atomic E-state index is 10.4. The highest BCUT2D eigenvalue weighted by Gasteiger charge is 2.00. The zero-order chi connectivity index (χ0) is 11.9. The van der Waals surface area contributed by atoms with Crippen LogP contribution in [0.3, 0.4) is 0 Å². The van der Waals surface area contributed by atoms with Crippen LogP contribution in [0.15, 0.2) is 70.6 Å². The highest BCUT2D eigenvalue weighted by Crippen LogP contribution is 2.13. The minimum Gasteiger partial charge on any atom is -0.228 e. The number of hydrogen-bond donors (Lipinski definition) is 0. The third kappa shape index (κ3) is 2.97. The van der Waals surface area contributed by atoms with Crippen molar-refractivity contribution in [2.75, 3.05) is 0 Å². The largest absolute Gasteiger partial charge is 0.242 e. The van der Waals surface area contributed by atoms with E-state index in [0.29, 0.717) is 5.84 Å². The molecule has 0 amide bonds. The number of benzene rings is 2. The Kier molecular flexibility index (Phi) is 3.58. The Labute approximate surface area is 99.2 Å². The summed E-state index contributed by atoms with van der Waals surface area (Å²) in [5.41, 5.74) is 1.55. The summed E-state index contributed by atoms with van der Waals surface area (Å²) in [5, 5.41) is 0. The quantitative estimate of drug-likeness (QED) is 0.437. The van der Waals surface area contributed by atoms with Crippen LogP contribution in [0.4, 0.5) is 5.69 Å². The first-order valence-corrected chi connectivity index (χ1v) is 5.17. The van der Waals surface area contributed by atoms with Crippen molar-refractivity contribution in [3.05, 3.63) is 66.2 Å². The van der Waals surface area contributed by atoms with Crippen LogP contribution in [-0.2, 0) is 4.79 Å². The first kappa shape index (κ1) is 11.0. The maximum absolute atomic E-state index is 10.4. The summed E-state index contributed by atoms with van der Waals surface area (Å²) in [6.07, 6.45) is 1.53. The fourth-order valence-corrected chi connectivity index (χ4v) is 1.41. The second-order valence-electron chi connectivity index (χ2n) is 3.34. The zero-order valence-corrected chi connectivity index (χ0v) is 9.08. The Hall–Kier alpha value is -2.51. The average molecular weight is 222 g/mol. The molecule has 0 bridgehead atoms. The van der Waals surface area contributed by atoms with Gasteiger partial charge in [0, 0.05) is 5.56 Å². The number of amidine groups is 1. The Morgan fingerprint density at radius 2 is 1.47 bits per heavy atom. The smallest absolute Gasteiger partial charge is 0.228 e. The summed E-state index contributed by atoms with van der Waals surface area (Å²) in [4.78, 5) is 18.3. The van der Waals surface area contributed by atoms with Crippen molar-refractivity contribution in [2.45, 2.75) is 0 Å². The number of nitrogens with zero attached hydrogens (tertiary/aromatic N) is 2. The minimum absolute atomic E-state index is 0.367. The first-order valence-electron chi connectivity index (χ1n) is 5.17. The molecule has 0 aliphatic heterocycles. The first-order chi connectivity index (χ1) is 8.40. The lowest BCUT2D eigenvalue weighted by atomic mass is 10.2. The van der Waals surface area contributed by atoms with E-state index < -0.39 is 0 Å². The van der Waals surface area contributed by atoms with Crippen LogP contribution < -0.4 is 0 Å². The molecule has 0 fully saturated rings. The van der Waals surface area contributed by atoms with Crippen LogP contribution in [0.2, 0.25) is 0 Å². The Bertz CT molecular complexity index is 555. The van der Waals surface area contributed by atoms with Crippen LogP contribution in [0.1, 0.15) is 5.56 Å². The van der Waals surface area contributed by atoms with Gasteiger partial charge in [-0.1, -0.05) is 48.5 Å². The molecule has 82 valence electrons. The van der Waals surface area contributed by atoms with E-state index >= 15 is 0 Å². The monoisotopic (exact) mass is 222 g/mol. The van der Waals surface area contributed by atoms with Crippen molar-refractivity contribution >= 4 is 17.6 Å². The molecule has 2 aromatic rings. The molecule has 0 saturated carbocycles. The molecule has 17 heavy (non-hydrogen) atoms. The normalized spacial score (nSPS) is 10.7. The molecule has 0 N–H and O–H groups in total. The van der Waals surface area contributed by atoms with E-state index in [0.717, 1.165) is 11.3 Å². The van der Waals surface area contributed by atoms with Crippen LogP contribution >= 0.6 is 0 Å². The van der Waals surface area contributed by atoms with Crippen molar-refractivity contribution in [3.8, 4) is 0 Å². The van der Waals surface area contributed by atoms with Gasteiger partial charge in [0.1, 0.15) is 0 Å². The molecule has 0 heterocycles. The topological polar surface area (TPSA) is 41.8 Å². The third-order valence-corrected chi connectivity index (χ3v) is 2.17. The van der Waals surface area contributed by atoms with Crippen LogP contribution in [0.25, 0.3) is 0 Å². The Morgan fingerprint density at radius 3 is 2.06 bits per heavy atom. The summed E-state index contributed by atoms with van der Waals surface area (Å²) >= 11 is 0. The molecule has 3 nitrogen and oxygen atoms in total. The molecule has 3 heteroatoms. The zero-order valence-electron chi connectivity index (χ0n) is 9.08. The lowest BCUT2D eigenvalue weighted by Gasteiger charge is -1.99. The molecule has 2 aromatic carbocycles. The van der Waals surface area contributed by atoms with Crippen LogP contribution in [-0.4, -0.2) is 11.9 Å². The van der Waals surface area contributed by atoms with Crippen molar-refractivity contribution in [2.24, 2.45) is 9.98 Å². The second-order valence-corrected chi connectivity index (χ2v) is 3.34. The van der Waals surface area contributed by atoms with Gasteiger partial charge < -0.3 is 0 Å². The molecule has 0 spiro atoms. The average Bonchev–Trinajstić information content (AvgIpc) is 2.40. The van der Waals surface area contributed by atoms with E-state index in [1.54, 1.807) is 0 Å². The highest BCUT2D eigenvalue weighted by molar-refractivity contribution is 6.03. The van der Waals surface area contributed by atoms with Gasteiger partial charge >= 0.3 is 0 Å². The predicted molar refractivity (Wildman–Crippen MR) is 67.2 cm³/mol. The summed E-state index contributed by atoms with van der Waals surface area (Å²) in [7, 11) is 0. The lowest BCUT2D eigenvalue weighted by Crippen LogP contribution is -1.95. The molecule has 0 aliphatic carbocycles. The molecule has 0 aromatic heterocycles. The van der Waals surface area contributed by atoms with Gasteiger partial charge in [-0.15, -0.1) is 4.99 Å². The number of rotatable bonds is 2. The fourth-order valence-electron chi connectivity index (χ4n) is 1.41. The molecular formula is C14H10N2O. The summed E-state index contributed by atoms with van der Waals surface area (Å²) in [5.74, 6) is 0.367. The molecular weight excluding hydrogens is 212 g/mol. The van der Waals surface area contributed by atoms with Crippen LogP contribution in [0, 0.1) is 0 Å². The van der Waals surface area contributed by atoms with Gasteiger partial charge in [-0.05, 0) is 12.1 Å².